The Bertz CT molecular complexity index is 1270. The minimum Gasteiger partial charge on any atom is -0.490 e. The number of hydrogen-bond donors (Lipinski definition) is 2. The molecule has 4 rings (SSSR count). The van der Waals surface area contributed by atoms with Crippen molar-refractivity contribution in [3.05, 3.63) is 59.9 Å². The minimum atomic E-state index is -4.38. The van der Waals surface area contributed by atoms with Gasteiger partial charge in [0.15, 0.2) is 17.4 Å². The van der Waals surface area contributed by atoms with Crippen LogP contribution in [0.3, 0.4) is 0 Å². The molecule has 36 heavy (non-hydrogen) atoms. The van der Waals surface area contributed by atoms with Crippen LogP contribution >= 0.6 is 0 Å². The lowest BCUT2D eigenvalue weighted by Crippen LogP contribution is -2.24. The number of nitrogens with zero attached hydrogens (tertiary/aromatic N) is 2. The molecule has 1 aliphatic rings. The van der Waals surface area contributed by atoms with Crippen molar-refractivity contribution in [1.82, 2.24) is 15.1 Å². The molecule has 0 bridgehead atoms. The first-order valence-electron chi connectivity index (χ1n) is 11.4. The lowest BCUT2D eigenvalue weighted by molar-refractivity contribution is -0.127. The first kappa shape index (κ1) is 25.2. The summed E-state index contributed by atoms with van der Waals surface area (Å²) in [7, 11) is 0. The number of anilines is 1. The molecule has 0 aliphatic carbocycles. The number of carbonyl (C=O) groups is 2. The first-order valence-corrected chi connectivity index (χ1v) is 11.4. The van der Waals surface area contributed by atoms with Crippen molar-refractivity contribution in [1.29, 1.82) is 0 Å². The van der Waals surface area contributed by atoms with E-state index >= 15 is 0 Å². The summed E-state index contributed by atoms with van der Waals surface area (Å²) in [4.78, 5) is 24.1. The Kier molecular flexibility index (Phi) is 7.27. The third-order valence-corrected chi connectivity index (χ3v) is 5.56. The fourth-order valence-electron chi connectivity index (χ4n) is 3.88. The summed E-state index contributed by atoms with van der Waals surface area (Å²) in [5, 5.41) is 9.68. The summed E-state index contributed by atoms with van der Waals surface area (Å²) in [6.45, 7) is 2.37. The molecule has 3 aromatic rings. The van der Waals surface area contributed by atoms with Gasteiger partial charge in [-0.3, -0.25) is 9.59 Å². The highest BCUT2D eigenvalue weighted by molar-refractivity contribution is 5.97. The lowest BCUT2D eigenvalue weighted by atomic mass is 10.1. The maximum Gasteiger partial charge on any atom is 0.393 e. The Morgan fingerprint density at radius 3 is 2.72 bits per heavy atom. The maximum atomic E-state index is 14.3. The predicted molar refractivity (Wildman–Crippen MR) is 124 cm³/mol. The van der Waals surface area contributed by atoms with Crippen molar-refractivity contribution in [3.63, 3.8) is 0 Å². The van der Waals surface area contributed by atoms with Gasteiger partial charge in [0, 0.05) is 30.7 Å². The molecule has 2 amide bonds. The Morgan fingerprint density at radius 2 is 2.03 bits per heavy atom. The molecule has 0 unspecified atom stereocenters. The van der Waals surface area contributed by atoms with Crippen molar-refractivity contribution in [3.8, 4) is 22.7 Å². The zero-order valence-corrected chi connectivity index (χ0v) is 19.4. The van der Waals surface area contributed by atoms with Gasteiger partial charge in [-0.1, -0.05) is 25.1 Å². The molecule has 0 radical (unpaired) electrons. The third kappa shape index (κ3) is 6.02. The summed E-state index contributed by atoms with van der Waals surface area (Å²) in [5.41, 5.74) is 1.24. The van der Waals surface area contributed by atoms with E-state index in [9.17, 15) is 27.2 Å². The summed E-state index contributed by atoms with van der Waals surface area (Å²) < 4.78 is 60.1. The molecule has 2 heterocycles. The molecule has 0 saturated carbocycles. The van der Waals surface area contributed by atoms with Crippen molar-refractivity contribution in [2.45, 2.75) is 32.4 Å². The number of benzene rings is 2. The van der Waals surface area contributed by atoms with Gasteiger partial charge in [-0.2, -0.15) is 13.2 Å². The summed E-state index contributed by atoms with van der Waals surface area (Å²) in [5.74, 6) is -1.64. The quantitative estimate of drug-likeness (QED) is 0.438. The minimum absolute atomic E-state index is 0.00255. The average Bonchev–Trinajstić information content (AvgIpc) is 3.44. The van der Waals surface area contributed by atoms with Crippen LogP contribution in [0.1, 0.15) is 25.3 Å². The second-order valence-electron chi connectivity index (χ2n) is 8.48. The Balaban J connectivity index is 1.73. The van der Waals surface area contributed by atoms with Crippen LogP contribution in [-0.4, -0.2) is 40.9 Å². The van der Waals surface area contributed by atoms with Crippen molar-refractivity contribution >= 4 is 17.6 Å². The average molecular weight is 504 g/mol. The van der Waals surface area contributed by atoms with Crippen molar-refractivity contribution < 1.29 is 31.9 Å². The van der Waals surface area contributed by atoms with E-state index in [1.54, 1.807) is 6.07 Å². The van der Waals surface area contributed by atoms with Crippen LogP contribution in [0.25, 0.3) is 16.9 Å². The smallest absolute Gasteiger partial charge is 0.393 e. The lowest BCUT2D eigenvalue weighted by Gasteiger charge is -2.12. The van der Waals surface area contributed by atoms with Gasteiger partial charge in [-0.05, 0) is 30.2 Å². The fraction of sp³-hybridized carbons (Fsp3) is 0.320. The SMILES string of the molecule is CCCOc1cc(-n2nc(NC(=O)[C@@H]3CNC(=O)C3)cc2-c2cccc(CC(F)(F)F)c2)ccc1F. The van der Waals surface area contributed by atoms with E-state index in [4.69, 9.17) is 4.74 Å². The number of alkyl halides is 3. The van der Waals surface area contributed by atoms with Crippen LogP contribution < -0.4 is 15.4 Å². The number of rotatable bonds is 8. The second-order valence-corrected chi connectivity index (χ2v) is 8.48. The number of nitrogens with one attached hydrogen (secondary N) is 2. The zero-order valence-electron chi connectivity index (χ0n) is 19.4. The normalized spacial score (nSPS) is 15.6. The number of amides is 2. The van der Waals surface area contributed by atoms with Gasteiger partial charge < -0.3 is 15.4 Å². The number of halogens is 4. The van der Waals surface area contributed by atoms with Gasteiger partial charge in [-0.25, -0.2) is 9.07 Å². The molecular weight excluding hydrogens is 480 g/mol. The Morgan fingerprint density at radius 1 is 1.22 bits per heavy atom. The van der Waals surface area contributed by atoms with Crippen molar-refractivity contribution in [2.75, 3.05) is 18.5 Å². The van der Waals surface area contributed by atoms with Crippen LogP contribution in [-0.2, 0) is 16.0 Å². The van der Waals surface area contributed by atoms with E-state index in [-0.39, 0.29) is 36.0 Å². The van der Waals surface area contributed by atoms with Gasteiger partial charge >= 0.3 is 6.18 Å². The van der Waals surface area contributed by atoms with E-state index < -0.39 is 30.2 Å². The van der Waals surface area contributed by atoms with E-state index in [2.05, 4.69) is 15.7 Å². The molecule has 11 heteroatoms. The van der Waals surface area contributed by atoms with Gasteiger partial charge in [0.2, 0.25) is 11.8 Å². The molecule has 2 aromatic carbocycles. The standard InChI is InChI=1S/C25H24F4N4O3/c1-2-8-36-21-11-18(6-7-19(21)26)33-20(16-5-3-4-15(9-16)13-25(27,28)29)12-22(32-33)31-24(35)17-10-23(34)30-14-17/h3-7,9,11-12,17H,2,8,10,13-14H2,1H3,(H,30,34)(H,31,32,35)/t17-/m0/s1. The molecule has 0 spiro atoms. The summed E-state index contributed by atoms with van der Waals surface area (Å²) in [6, 6.07) is 11.5. The van der Waals surface area contributed by atoms with E-state index in [0.717, 1.165) is 0 Å². The highest BCUT2D eigenvalue weighted by atomic mass is 19.4. The first-order chi connectivity index (χ1) is 17.1. The molecule has 1 saturated heterocycles. The van der Waals surface area contributed by atoms with Crippen LogP contribution in [0, 0.1) is 11.7 Å². The Hall–Kier alpha value is -3.89. The van der Waals surface area contributed by atoms with Crippen LogP contribution in [0.15, 0.2) is 48.5 Å². The molecule has 1 aromatic heterocycles. The molecule has 190 valence electrons. The maximum absolute atomic E-state index is 14.3. The number of carbonyl (C=O) groups excluding carboxylic acids is 2. The van der Waals surface area contributed by atoms with Crippen LogP contribution in [0.5, 0.6) is 5.75 Å². The molecule has 7 nitrogen and oxygen atoms in total. The molecule has 1 aliphatic heterocycles. The number of ether oxygens (including phenoxy) is 1. The van der Waals surface area contributed by atoms with E-state index in [1.165, 1.54) is 47.1 Å². The fourth-order valence-corrected chi connectivity index (χ4v) is 3.88. The third-order valence-electron chi connectivity index (χ3n) is 5.56. The summed E-state index contributed by atoms with van der Waals surface area (Å²) >= 11 is 0. The number of hydrogen-bond acceptors (Lipinski definition) is 4. The monoisotopic (exact) mass is 504 g/mol. The number of aromatic nitrogens is 2. The molecular formula is C25H24F4N4O3. The van der Waals surface area contributed by atoms with Crippen molar-refractivity contribution in [2.24, 2.45) is 5.92 Å². The van der Waals surface area contributed by atoms with Gasteiger partial charge in [0.1, 0.15) is 0 Å². The molecule has 2 N–H and O–H groups in total. The highest BCUT2D eigenvalue weighted by Gasteiger charge is 2.29. The van der Waals surface area contributed by atoms with Crippen LogP contribution in [0.4, 0.5) is 23.4 Å². The topological polar surface area (TPSA) is 85.2 Å². The van der Waals surface area contributed by atoms with Crippen LogP contribution in [0.2, 0.25) is 0 Å². The summed E-state index contributed by atoms with van der Waals surface area (Å²) in [6.07, 6.45) is -4.77. The largest absolute Gasteiger partial charge is 0.490 e. The second kappa shape index (κ2) is 10.4. The van der Waals surface area contributed by atoms with E-state index in [0.29, 0.717) is 30.0 Å². The molecule has 1 atom stereocenters. The zero-order chi connectivity index (χ0) is 25.9. The van der Waals surface area contributed by atoms with E-state index in [1.807, 2.05) is 6.92 Å². The predicted octanol–water partition coefficient (Wildman–Crippen LogP) is 4.65. The van der Waals surface area contributed by atoms with Gasteiger partial charge in [-0.15, -0.1) is 5.10 Å². The highest BCUT2D eigenvalue weighted by Crippen LogP contribution is 2.31. The molecule has 1 fully saturated rings. The van der Waals surface area contributed by atoms with Gasteiger partial charge in [0.05, 0.1) is 30.3 Å². The van der Waals surface area contributed by atoms with Gasteiger partial charge in [0.25, 0.3) is 0 Å². The Labute approximate surface area is 204 Å².